The Hall–Kier alpha value is -2.59. The van der Waals surface area contributed by atoms with Gasteiger partial charge in [0, 0.05) is 12.2 Å². The molecule has 0 saturated carbocycles. The third kappa shape index (κ3) is 19.9. The van der Waals surface area contributed by atoms with Crippen molar-refractivity contribution >= 4 is 29.6 Å². The van der Waals surface area contributed by atoms with Gasteiger partial charge in [0.15, 0.2) is 0 Å². The van der Waals surface area contributed by atoms with Gasteiger partial charge in [0.25, 0.3) is 0 Å². The highest BCUT2D eigenvalue weighted by atomic mass is 35.5. The zero-order chi connectivity index (χ0) is 16.5. The van der Waals surface area contributed by atoms with Gasteiger partial charge in [-0.05, 0) is 11.1 Å². The van der Waals surface area contributed by atoms with Gasteiger partial charge in [0.1, 0.15) is 0 Å². The topological polar surface area (TPSA) is 74.6 Å². The van der Waals surface area contributed by atoms with E-state index in [1.54, 1.807) is 6.08 Å². The second-order valence-electron chi connectivity index (χ2n) is 3.16. The van der Waals surface area contributed by atoms with Crippen LogP contribution in [0, 0.1) is 0 Å². The molecule has 0 aliphatic carbocycles. The smallest absolute Gasteiger partial charge is 0.328 e. The van der Waals surface area contributed by atoms with Gasteiger partial charge in [-0.2, -0.15) is 0 Å². The molecular formula is C16H17ClO4. The van der Waals surface area contributed by atoms with Gasteiger partial charge >= 0.3 is 11.9 Å². The third-order valence-electron chi connectivity index (χ3n) is 1.61. The van der Waals surface area contributed by atoms with E-state index in [0.29, 0.717) is 0 Å². The maximum atomic E-state index is 10.1. The fourth-order valence-corrected chi connectivity index (χ4v) is 0.869. The highest BCUT2D eigenvalue weighted by Crippen LogP contribution is 2.00. The van der Waals surface area contributed by atoms with Crippen molar-refractivity contribution < 1.29 is 19.8 Å². The van der Waals surface area contributed by atoms with Gasteiger partial charge in [0.2, 0.25) is 0 Å². The maximum absolute atomic E-state index is 10.1. The summed E-state index contributed by atoms with van der Waals surface area (Å²) in [6.45, 7) is 6.09. The van der Waals surface area contributed by atoms with Crippen molar-refractivity contribution in [3.05, 3.63) is 78.9 Å². The fourth-order valence-electron chi connectivity index (χ4n) is 0.869. The van der Waals surface area contributed by atoms with Crippen LogP contribution < -0.4 is 0 Å². The number of benzene rings is 1. The van der Waals surface area contributed by atoms with Gasteiger partial charge < -0.3 is 10.2 Å². The van der Waals surface area contributed by atoms with Crippen LogP contribution in [0.4, 0.5) is 0 Å². The first-order valence-electron chi connectivity index (χ1n) is 5.67. The zero-order valence-electron chi connectivity index (χ0n) is 11.4. The van der Waals surface area contributed by atoms with Crippen molar-refractivity contribution in [3.63, 3.8) is 0 Å². The average Bonchev–Trinajstić information content (AvgIpc) is 2.46. The lowest BCUT2D eigenvalue weighted by atomic mass is 10.2. The van der Waals surface area contributed by atoms with Crippen LogP contribution in [0.15, 0.2) is 73.3 Å². The predicted octanol–water partition coefficient (Wildman–Crippen LogP) is 3.97. The molecule has 0 spiro atoms. The summed E-state index contributed by atoms with van der Waals surface area (Å²) in [5.74, 6) is -1.91. The molecule has 0 saturated heterocycles. The normalized spacial score (nSPS) is 9.00. The Morgan fingerprint density at radius 2 is 1.48 bits per heavy atom. The van der Waals surface area contributed by atoms with E-state index in [9.17, 15) is 9.59 Å². The summed E-state index contributed by atoms with van der Waals surface area (Å²) in [5, 5.41) is 15.9. The van der Waals surface area contributed by atoms with Gasteiger partial charge in [-0.3, -0.25) is 0 Å². The molecule has 0 heterocycles. The molecule has 2 N–H and O–H groups in total. The molecular weight excluding hydrogens is 292 g/mol. The van der Waals surface area contributed by atoms with Gasteiger partial charge in [-0.1, -0.05) is 73.3 Å². The molecule has 5 heteroatoms. The Labute approximate surface area is 129 Å². The molecule has 0 aliphatic rings. The van der Waals surface area contributed by atoms with Crippen LogP contribution in [0.3, 0.4) is 0 Å². The monoisotopic (exact) mass is 308 g/mol. The van der Waals surface area contributed by atoms with E-state index in [-0.39, 0.29) is 0 Å². The van der Waals surface area contributed by atoms with Crippen molar-refractivity contribution in [3.8, 4) is 0 Å². The quantitative estimate of drug-likeness (QED) is 0.652. The molecule has 1 aromatic carbocycles. The molecule has 0 atom stereocenters. The molecule has 112 valence electrons. The third-order valence-corrected chi connectivity index (χ3v) is 1.61. The first-order valence-corrected chi connectivity index (χ1v) is 6.10. The molecule has 4 nitrogen and oxygen atoms in total. The minimum absolute atomic E-state index is 0.833. The van der Waals surface area contributed by atoms with Gasteiger partial charge in [-0.25, -0.2) is 9.59 Å². The molecule has 0 aromatic heterocycles. The Kier molecular flexibility index (Phi) is 15.3. The fraction of sp³-hybridized carbons (Fsp3) is 0. The second-order valence-corrected chi connectivity index (χ2v) is 3.47. The minimum atomic E-state index is -0.981. The number of halogens is 1. The average molecular weight is 309 g/mol. The van der Waals surface area contributed by atoms with Crippen LogP contribution in [0.25, 0.3) is 6.08 Å². The summed E-state index contributed by atoms with van der Waals surface area (Å²) >= 11 is 4.76. The van der Waals surface area contributed by atoms with Crippen molar-refractivity contribution in [1.29, 1.82) is 0 Å². The van der Waals surface area contributed by atoms with Crippen LogP contribution in [-0.4, -0.2) is 22.2 Å². The molecule has 0 fully saturated rings. The predicted molar refractivity (Wildman–Crippen MR) is 86.1 cm³/mol. The van der Waals surface area contributed by atoms with E-state index in [1.165, 1.54) is 11.6 Å². The van der Waals surface area contributed by atoms with E-state index in [0.717, 1.165) is 17.7 Å². The number of carbonyl (C=O) groups is 2. The molecule has 0 unspecified atom stereocenters. The summed E-state index contributed by atoms with van der Waals surface area (Å²) in [6.07, 6.45) is 6.97. The summed E-state index contributed by atoms with van der Waals surface area (Å²) < 4.78 is 0. The molecule has 1 rings (SSSR count). The number of hydrogen-bond donors (Lipinski definition) is 2. The maximum Gasteiger partial charge on any atom is 0.328 e. The number of hydrogen-bond acceptors (Lipinski definition) is 2. The van der Waals surface area contributed by atoms with E-state index < -0.39 is 11.9 Å². The van der Waals surface area contributed by atoms with Crippen molar-refractivity contribution in [2.75, 3.05) is 0 Å². The van der Waals surface area contributed by atoms with Crippen LogP contribution in [0.5, 0.6) is 0 Å². The van der Waals surface area contributed by atoms with Crippen molar-refractivity contribution in [2.45, 2.75) is 0 Å². The molecule has 0 bridgehead atoms. The molecule has 0 aliphatic heterocycles. The summed E-state index contributed by atoms with van der Waals surface area (Å²) in [6, 6.07) is 9.70. The van der Waals surface area contributed by atoms with Crippen LogP contribution in [-0.2, 0) is 9.59 Å². The van der Waals surface area contributed by atoms with Crippen LogP contribution in [0.1, 0.15) is 5.56 Å². The van der Waals surface area contributed by atoms with Crippen molar-refractivity contribution in [1.82, 2.24) is 0 Å². The number of allylic oxidation sites excluding steroid dienone is 2. The Bertz CT molecular complexity index is 490. The van der Waals surface area contributed by atoms with E-state index in [4.69, 9.17) is 21.8 Å². The van der Waals surface area contributed by atoms with E-state index in [1.807, 2.05) is 36.4 Å². The van der Waals surface area contributed by atoms with Gasteiger partial charge in [0.05, 0.1) is 0 Å². The largest absolute Gasteiger partial charge is 0.478 e. The first kappa shape index (κ1) is 20.7. The lowest BCUT2D eigenvalue weighted by molar-refractivity contribution is -0.132. The molecule has 21 heavy (non-hydrogen) atoms. The number of rotatable bonds is 4. The SMILES string of the molecule is C=CC(=O)O.C=CCl.O=C(O)C=CC=Cc1ccccc1. The highest BCUT2D eigenvalue weighted by Gasteiger charge is 1.82. The van der Waals surface area contributed by atoms with E-state index in [2.05, 4.69) is 13.2 Å². The summed E-state index contributed by atoms with van der Waals surface area (Å²) in [7, 11) is 0. The lowest BCUT2D eigenvalue weighted by Crippen LogP contribution is -1.84. The number of carboxylic acids is 2. The Morgan fingerprint density at radius 1 is 1.00 bits per heavy atom. The Morgan fingerprint density at radius 3 is 1.86 bits per heavy atom. The minimum Gasteiger partial charge on any atom is -0.478 e. The Balaban J connectivity index is 0. The lowest BCUT2D eigenvalue weighted by Gasteiger charge is -1.87. The number of aliphatic carboxylic acids is 2. The zero-order valence-corrected chi connectivity index (χ0v) is 12.1. The summed E-state index contributed by atoms with van der Waals surface area (Å²) in [4.78, 5) is 19.3. The van der Waals surface area contributed by atoms with Crippen LogP contribution >= 0.6 is 11.6 Å². The van der Waals surface area contributed by atoms with Crippen LogP contribution in [0.2, 0.25) is 0 Å². The van der Waals surface area contributed by atoms with E-state index >= 15 is 0 Å². The second kappa shape index (κ2) is 15.5. The summed E-state index contributed by atoms with van der Waals surface area (Å²) in [5.41, 5.74) is 2.28. The molecule has 0 radical (unpaired) electrons. The molecule has 1 aromatic rings. The first-order chi connectivity index (χ1) is 9.97. The van der Waals surface area contributed by atoms with Gasteiger partial charge in [-0.15, -0.1) is 0 Å². The standard InChI is InChI=1S/C11H10O2.C3H4O2.C2H3Cl/c12-11(13)9-5-4-8-10-6-2-1-3-7-10;1-2-3(4)5;1-2-3/h1-9H,(H,12,13);2H,1H2,(H,4,5);2H,1H2. The number of carboxylic acid groups (broad SMARTS) is 2. The highest BCUT2D eigenvalue weighted by molar-refractivity contribution is 6.25. The molecule has 0 amide bonds. The van der Waals surface area contributed by atoms with Crippen molar-refractivity contribution in [2.24, 2.45) is 0 Å².